The van der Waals surface area contributed by atoms with Gasteiger partial charge in [-0.2, -0.15) is 0 Å². The van der Waals surface area contributed by atoms with Crippen LogP contribution in [0, 0.1) is 5.41 Å². The van der Waals surface area contributed by atoms with Gasteiger partial charge >= 0.3 is 0 Å². The van der Waals surface area contributed by atoms with Crippen molar-refractivity contribution in [3.05, 3.63) is 41.5 Å². The van der Waals surface area contributed by atoms with Crippen molar-refractivity contribution in [2.24, 2.45) is 11.1 Å². The van der Waals surface area contributed by atoms with Crippen LogP contribution in [0.5, 0.6) is 0 Å². The highest BCUT2D eigenvalue weighted by Crippen LogP contribution is 2.37. The van der Waals surface area contributed by atoms with E-state index in [0.29, 0.717) is 13.1 Å². The van der Waals surface area contributed by atoms with Gasteiger partial charge in [0.2, 0.25) is 5.91 Å². The average Bonchev–Trinajstić information content (AvgIpc) is 3.04. The Balaban J connectivity index is 2.09. The number of nitrogens with zero attached hydrogens (tertiary/aromatic N) is 3. The van der Waals surface area contributed by atoms with Gasteiger partial charge in [0.05, 0.1) is 17.3 Å². The van der Waals surface area contributed by atoms with Gasteiger partial charge in [-0.1, -0.05) is 30.3 Å². The molecule has 6 nitrogen and oxygen atoms in total. The van der Waals surface area contributed by atoms with Gasteiger partial charge in [0.15, 0.2) is 0 Å². The number of aromatic nitrogens is 2. The first-order chi connectivity index (χ1) is 12.8. The van der Waals surface area contributed by atoms with Gasteiger partial charge in [-0.05, 0) is 33.5 Å². The van der Waals surface area contributed by atoms with Gasteiger partial charge in [0, 0.05) is 17.5 Å². The third kappa shape index (κ3) is 4.26. The van der Waals surface area contributed by atoms with Crippen LogP contribution in [0.25, 0.3) is 21.3 Å². The highest BCUT2D eigenvalue weighted by molar-refractivity contribution is 7.17. The smallest absolute Gasteiger partial charge is 0.224 e. The number of nitrogens with one attached hydrogen (secondary N) is 1. The van der Waals surface area contributed by atoms with E-state index in [-0.39, 0.29) is 5.91 Å². The summed E-state index contributed by atoms with van der Waals surface area (Å²) in [5, 5.41) is 6.45. The van der Waals surface area contributed by atoms with Crippen molar-refractivity contribution < 1.29 is 4.79 Å². The van der Waals surface area contributed by atoms with Crippen molar-refractivity contribution in [3.63, 3.8) is 0 Å². The van der Waals surface area contributed by atoms with Gasteiger partial charge in [0.25, 0.3) is 0 Å². The molecule has 0 saturated heterocycles. The number of benzene rings is 1. The number of nitrogens with two attached hydrogens (primary N) is 1. The topological polar surface area (TPSA) is 84.1 Å². The Morgan fingerprint density at radius 3 is 2.56 bits per heavy atom. The maximum atomic E-state index is 11.7. The number of carbonyl (C=O) groups excluding carboxylic acids is 1. The molecule has 0 saturated carbocycles. The first kappa shape index (κ1) is 19.3. The number of amides is 1. The molecule has 7 heteroatoms. The van der Waals surface area contributed by atoms with Crippen molar-refractivity contribution in [2.45, 2.75) is 20.4 Å². The molecule has 27 heavy (non-hydrogen) atoms. The second-order valence-corrected chi connectivity index (χ2v) is 8.38. The zero-order valence-corrected chi connectivity index (χ0v) is 16.9. The lowest BCUT2D eigenvalue weighted by molar-refractivity contribution is -0.125. The molecular weight excluding hydrogens is 358 g/mol. The minimum Gasteiger partial charge on any atom is -0.369 e. The fourth-order valence-electron chi connectivity index (χ4n) is 2.69. The van der Waals surface area contributed by atoms with E-state index in [0.717, 1.165) is 33.0 Å². The molecule has 0 spiro atoms. The standard InChI is InChI=1S/C20H25N5OS/c1-20(2,19(21)26)12-22-17-16-14(13-8-6-5-7-9-13)11-27-18(16)24-15(23-17)10-25(3)4/h5-9,11H,10,12H2,1-4H3,(H2,21,26)(H,22,23,24). The number of hydrogen-bond donors (Lipinski definition) is 2. The van der Waals surface area contributed by atoms with Crippen LogP contribution in [0.3, 0.4) is 0 Å². The van der Waals surface area contributed by atoms with Crippen LogP contribution in [0.1, 0.15) is 19.7 Å². The van der Waals surface area contributed by atoms with E-state index in [1.807, 2.05) is 51.0 Å². The summed E-state index contributed by atoms with van der Waals surface area (Å²) in [4.78, 5) is 24.2. The van der Waals surface area contributed by atoms with Gasteiger partial charge < -0.3 is 16.0 Å². The van der Waals surface area contributed by atoms with E-state index >= 15 is 0 Å². The summed E-state index contributed by atoms with van der Waals surface area (Å²) in [5.74, 6) is 1.14. The van der Waals surface area contributed by atoms with Crippen LogP contribution in [-0.4, -0.2) is 41.4 Å². The monoisotopic (exact) mass is 383 g/mol. The van der Waals surface area contributed by atoms with Crippen LogP contribution in [0.4, 0.5) is 5.82 Å². The predicted molar refractivity (Wildman–Crippen MR) is 112 cm³/mol. The largest absolute Gasteiger partial charge is 0.369 e. The zero-order valence-electron chi connectivity index (χ0n) is 16.1. The lowest BCUT2D eigenvalue weighted by atomic mass is 9.93. The van der Waals surface area contributed by atoms with Crippen molar-refractivity contribution in [3.8, 4) is 11.1 Å². The highest BCUT2D eigenvalue weighted by atomic mass is 32.1. The van der Waals surface area contributed by atoms with Crippen molar-refractivity contribution in [1.29, 1.82) is 0 Å². The molecule has 2 aromatic heterocycles. The summed E-state index contributed by atoms with van der Waals surface area (Å²) in [6.45, 7) is 4.70. The van der Waals surface area contributed by atoms with Crippen LogP contribution < -0.4 is 11.1 Å². The lowest BCUT2D eigenvalue weighted by Gasteiger charge is -2.22. The molecule has 3 aromatic rings. The van der Waals surface area contributed by atoms with Gasteiger partial charge in [-0.25, -0.2) is 9.97 Å². The molecule has 0 aliphatic carbocycles. The van der Waals surface area contributed by atoms with Gasteiger partial charge in [-0.3, -0.25) is 4.79 Å². The molecule has 0 fully saturated rings. The summed E-state index contributed by atoms with van der Waals surface area (Å²) in [5.41, 5.74) is 7.05. The lowest BCUT2D eigenvalue weighted by Crippen LogP contribution is -2.37. The molecule has 3 N–H and O–H groups in total. The fraction of sp³-hybridized carbons (Fsp3) is 0.350. The number of thiophene rings is 1. The number of rotatable bonds is 7. The first-order valence-electron chi connectivity index (χ1n) is 8.80. The first-order valence-corrected chi connectivity index (χ1v) is 9.68. The number of anilines is 1. The maximum absolute atomic E-state index is 11.7. The quantitative estimate of drug-likeness (QED) is 0.654. The predicted octanol–water partition coefficient (Wildman–Crippen LogP) is 3.34. The Kier molecular flexibility index (Phi) is 5.43. The minimum absolute atomic E-state index is 0.345. The van der Waals surface area contributed by atoms with Crippen LogP contribution in [0.15, 0.2) is 35.7 Å². The summed E-state index contributed by atoms with van der Waals surface area (Å²) >= 11 is 1.60. The third-order valence-electron chi connectivity index (χ3n) is 4.39. The second kappa shape index (κ2) is 7.62. The Morgan fingerprint density at radius 2 is 1.93 bits per heavy atom. The third-order valence-corrected chi connectivity index (χ3v) is 5.26. The molecule has 0 aliphatic heterocycles. The Morgan fingerprint density at radius 1 is 1.22 bits per heavy atom. The SMILES string of the molecule is CN(C)Cc1nc(NCC(C)(C)C(N)=O)c2c(-c3ccccc3)csc2n1. The van der Waals surface area contributed by atoms with Crippen LogP contribution >= 0.6 is 11.3 Å². The normalized spacial score (nSPS) is 11.9. The average molecular weight is 384 g/mol. The molecule has 3 rings (SSSR count). The Hall–Kier alpha value is -2.51. The molecule has 1 aromatic carbocycles. The second-order valence-electron chi connectivity index (χ2n) is 7.52. The molecule has 0 aliphatic rings. The summed E-state index contributed by atoms with van der Waals surface area (Å²) < 4.78 is 0. The van der Waals surface area contributed by atoms with Gasteiger partial charge in [-0.15, -0.1) is 11.3 Å². The van der Waals surface area contributed by atoms with E-state index in [2.05, 4.69) is 22.8 Å². The molecule has 0 radical (unpaired) electrons. The van der Waals surface area contributed by atoms with Gasteiger partial charge in [0.1, 0.15) is 16.5 Å². The van der Waals surface area contributed by atoms with E-state index < -0.39 is 5.41 Å². The summed E-state index contributed by atoms with van der Waals surface area (Å²) in [6.07, 6.45) is 0. The number of carbonyl (C=O) groups is 1. The number of primary amides is 1. The molecule has 0 atom stereocenters. The van der Waals surface area contributed by atoms with Crippen molar-refractivity contribution >= 4 is 33.3 Å². The Bertz CT molecular complexity index is 950. The molecule has 142 valence electrons. The molecule has 2 heterocycles. The Labute approximate surface area is 163 Å². The van der Waals surface area contributed by atoms with Crippen LogP contribution in [0.2, 0.25) is 0 Å². The molecular formula is C20H25N5OS. The molecule has 0 bridgehead atoms. The number of hydrogen-bond acceptors (Lipinski definition) is 6. The van der Waals surface area contributed by atoms with Crippen LogP contribution in [-0.2, 0) is 11.3 Å². The minimum atomic E-state index is -0.679. The van der Waals surface area contributed by atoms with E-state index in [1.54, 1.807) is 11.3 Å². The van der Waals surface area contributed by atoms with E-state index in [1.165, 1.54) is 0 Å². The zero-order chi connectivity index (χ0) is 19.6. The number of fused-ring (bicyclic) bond motifs is 1. The highest BCUT2D eigenvalue weighted by Gasteiger charge is 2.26. The van der Waals surface area contributed by atoms with E-state index in [9.17, 15) is 4.79 Å². The summed E-state index contributed by atoms with van der Waals surface area (Å²) in [6, 6.07) is 10.2. The maximum Gasteiger partial charge on any atom is 0.224 e. The molecule has 0 unspecified atom stereocenters. The fourth-order valence-corrected chi connectivity index (χ4v) is 3.66. The van der Waals surface area contributed by atoms with Crippen molar-refractivity contribution in [2.75, 3.05) is 26.0 Å². The van der Waals surface area contributed by atoms with Crippen molar-refractivity contribution in [1.82, 2.24) is 14.9 Å². The summed E-state index contributed by atoms with van der Waals surface area (Å²) in [7, 11) is 3.97. The molecule has 1 amide bonds. The van der Waals surface area contributed by atoms with E-state index in [4.69, 9.17) is 15.7 Å².